The molecule has 0 amide bonds. The first-order valence-electron chi connectivity index (χ1n) is 6.23. The lowest BCUT2D eigenvalue weighted by molar-refractivity contribution is 0.489. The summed E-state index contributed by atoms with van der Waals surface area (Å²) >= 11 is 0. The van der Waals surface area contributed by atoms with Gasteiger partial charge in [-0.15, -0.1) is 0 Å². The largest absolute Gasteiger partial charge is 0.330 e. The van der Waals surface area contributed by atoms with Crippen molar-refractivity contribution in [1.82, 2.24) is 10.3 Å². The van der Waals surface area contributed by atoms with Crippen molar-refractivity contribution in [3.8, 4) is 0 Å². The van der Waals surface area contributed by atoms with Gasteiger partial charge >= 0.3 is 0 Å². The maximum Gasteiger partial charge on any atom is 0.0303 e. The molecular weight excluding hydrogens is 198 g/mol. The summed E-state index contributed by atoms with van der Waals surface area (Å²) in [6, 6.07) is 4.81. The second kappa shape index (κ2) is 5.97. The Morgan fingerprint density at radius 2 is 2.25 bits per heavy atom. The Morgan fingerprint density at radius 1 is 1.44 bits per heavy atom. The molecule has 1 atom stereocenters. The van der Waals surface area contributed by atoms with Gasteiger partial charge in [0.1, 0.15) is 0 Å². The van der Waals surface area contributed by atoms with Crippen LogP contribution >= 0.6 is 0 Å². The van der Waals surface area contributed by atoms with Crippen LogP contribution in [-0.4, -0.2) is 24.1 Å². The lowest BCUT2D eigenvalue weighted by Crippen LogP contribution is -2.33. The summed E-state index contributed by atoms with van der Waals surface area (Å²) in [5, 5.41) is 3.62. The van der Waals surface area contributed by atoms with E-state index in [-0.39, 0.29) is 0 Å². The van der Waals surface area contributed by atoms with Crippen LogP contribution in [-0.2, 0) is 0 Å². The number of hydrogen-bond acceptors (Lipinski definition) is 3. The third-order valence-corrected chi connectivity index (χ3v) is 3.45. The molecule has 0 saturated heterocycles. The average Bonchev–Trinajstić information content (AvgIpc) is 2.84. The number of nitrogens with two attached hydrogens (primary N) is 1. The SMILES string of the molecule is NCC(CNC1CCCC1)c1cccnc1. The molecule has 1 unspecified atom stereocenters. The minimum absolute atomic E-state index is 0.397. The van der Waals surface area contributed by atoms with E-state index in [0.717, 1.165) is 6.54 Å². The van der Waals surface area contributed by atoms with Crippen LogP contribution in [0.3, 0.4) is 0 Å². The second-order valence-corrected chi connectivity index (χ2v) is 4.61. The van der Waals surface area contributed by atoms with Crippen molar-refractivity contribution in [3.63, 3.8) is 0 Å². The summed E-state index contributed by atoms with van der Waals surface area (Å²) in [6.45, 7) is 1.66. The van der Waals surface area contributed by atoms with E-state index in [9.17, 15) is 0 Å². The first-order valence-corrected chi connectivity index (χ1v) is 6.23. The van der Waals surface area contributed by atoms with Crippen molar-refractivity contribution < 1.29 is 0 Å². The predicted octanol–water partition coefficient (Wildman–Crippen LogP) is 1.66. The summed E-state index contributed by atoms with van der Waals surface area (Å²) in [7, 11) is 0. The standard InChI is InChI=1S/C13H21N3/c14-8-12(11-4-3-7-15-9-11)10-16-13-5-1-2-6-13/h3-4,7,9,12-13,16H,1-2,5-6,8,10,14H2. The maximum atomic E-state index is 5.82. The zero-order chi connectivity index (χ0) is 11.2. The van der Waals surface area contributed by atoms with E-state index in [1.165, 1.54) is 31.2 Å². The summed E-state index contributed by atoms with van der Waals surface area (Å²) in [5.41, 5.74) is 7.07. The molecule has 0 radical (unpaired) electrons. The minimum atomic E-state index is 0.397. The molecule has 1 saturated carbocycles. The highest BCUT2D eigenvalue weighted by molar-refractivity contribution is 5.15. The number of rotatable bonds is 5. The molecule has 0 bridgehead atoms. The Balaban J connectivity index is 1.85. The van der Waals surface area contributed by atoms with E-state index in [0.29, 0.717) is 18.5 Å². The molecule has 1 heterocycles. The molecule has 3 N–H and O–H groups in total. The van der Waals surface area contributed by atoms with Crippen LogP contribution < -0.4 is 11.1 Å². The van der Waals surface area contributed by atoms with Crippen LogP contribution in [0.25, 0.3) is 0 Å². The first-order chi connectivity index (χ1) is 7.90. The Kier molecular flexibility index (Phi) is 4.31. The third-order valence-electron chi connectivity index (χ3n) is 3.45. The minimum Gasteiger partial charge on any atom is -0.330 e. The van der Waals surface area contributed by atoms with E-state index in [1.54, 1.807) is 0 Å². The number of nitrogens with one attached hydrogen (secondary N) is 1. The number of aromatic nitrogens is 1. The van der Waals surface area contributed by atoms with Gasteiger partial charge in [0.2, 0.25) is 0 Å². The second-order valence-electron chi connectivity index (χ2n) is 4.61. The molecule has 16 heavy (non-hydrogen) atoms. The molecule has 3 nitrogen and oxygen atoms in total. The van der Waals surface area contributed by atoms with Gasteiger partial charge in [0.15, 0.2) is 0 Å². The third kappa shape index (κ3) is 3.03. The highest BCUT2D eigenvalue weighted by atomic mass is 14.9. The molecule has 0 aliphatic heterocycles. The first kappa shape index (κ1) is 11.6. The molecule has 1 aromatic rings. The Bertz CT molecular complexity index is 293. The average molecular weight is 219 g/mol. The fraction of sp³-hybridized carbons (Fsp3) is 0.615. The molecule has 3 heteroatoms. The van der Waals surface area contributed by atoms with Crippen molar-refractivity contribution in [2.24, 2.45) is 5.73 Å². The van der Waals surface area contributed by atoms with Crippen molar-refractivity contribution in [1.29, 1.82) is 0 Å². The van der Waals surface area contributed by atoms with Gasteiger partial charge in [-0.25, -0.2) is 0 Å². The van der Waals surface area contributed by atoms with E-state index >= 15 is 0 Å². The topological polar surface area (TPSA) is 50.9 Å². The fourth-order valence-electron chi connectivity index (χ4n) is 2.39. The highest BCUT2D eigenvalue weighted by Gasteiger charge is 2.16. The van der Waals surface area contributed by atoms with Gasteiger partial charge in [-0.1, -0.05) is 18.9 Å². The van der Waals surface area contributed by atoms with Gasteiger partial charge in [0, 0.05) is 37.4 Å². The van der Waals surface area contributed by atoms with Crippen molar-refractivity contribution in [3.05, 3.63) is 30.1 Å². The van der Waals surface area contributed by atoms with Gasteiger partial charge in [0.05, 0.1) is 0 Å². The quantitative estimate of drug-likeness (QED) is 0.792. The van der Waals surface area contributed by atoms with Crippen molar-refractivity contribution in [2.45, 2.75) is 37.6 Å². The molecular formula is C13H21N3. The Labute approximate surface area is 97.5 Å². The fourth-order valence-corrected chi connectivity index (χ4v) is 2.39. The van der Waals surface area contributed by atoms with Crippen LogP contribution in [0.5, 0.6) is 0 Å². The molecule has 0 spiro atoms. The molecule has 2 rings (SSSR count). The van der Waals surface area contributed by atoms with Crippen molar-refractivity contribution in [2.75, 3.05) is 13.1 Å². The summed E-state index contributed by atoms with van der Waals surface area (Å²) in [5.74, 6) is 0.397. The van der Waals surface area contributed by atoms with E-state index in [4.69, 9.17) is 5.73 Å². The summed E-state index contributed by atoms with van der Waals surface area (Å²) in [6.07, 6.45) is 9.12. The van der Waals surface area contributed by atoms with Crippen LogP contribution in [0.4, 0.5) is 0 Å². The summed E-state index contributed by atoms with van der Waals surface area (Å²) < 4.78 is 0. The lowest BCUT2D eigenvalue weighted by Gasteiger charge is -2.19. The van der Waals surface area contributed by atoms with Crippen LogP contribution in [0.2, 0.25) is 0 Å². The zero-order valence-electron chi connectivity index (χ0n) is 9.73. The van der Waals surface area contributed by atoms with Gasteiger partial charge in [0.25, 0.3) is 0 Å². The lowest BCUT2D eigenvalue weighted by atomic mass is 10.0. The smallest absolute Gasteiger partial charge is 0.0303 e. The molecule has 88 valence electrons. The van der Waals surface area contributed by atoms with Gasteiger partial charge in [-0.05, 0) is 24.5 Å². The van der Waals surface area contributed by atoms with Crippen LogP contribution in [0, 0.1) is 0 Å². The Hall–Kier alpha value is -0.930. The maximum absolute atomic E-state index is 5.82. The monoisotopic (exact) mass is 219 g/mol. The molecule has 1 aromatic heterocycles. The van der Waals surface area contributed by atoms with Crippen LogP contribution in [0.1, 0.15) is 37.2 Å². The number of pyridine rings is 1. The van der Waals surface area contributed by atoms with E-state index in [1.807, 2.05) is 18.5 Å². The van der Waals surface area contributed by atoms with Crippen LogP contribution in [0.15, 0.2) is 24.5 Å². The molecule has 1 aliphatic rings. The van der Waals surface area contributed by atoms with E-state index in [2.05, 4.69) is 16.4 Å². The molecule has 1 fully saturated rings. The number of hydrogen-bond donors (Lipinski definition) is 2. The highest BCUT2D eigenvalue weighted by Crippen LogP contribution is 2.19. The Morgan fingerprint density at radius 3 is 2.88 bits per heavy atom. The normalized spacial score (nSPS) is 18.8. The van der Waals surface area contributed by atoms with E-state index < -0.39 is 0 Å². The van der Waals surface area contributed by atoms with Crippen molar-refractivity contribution >= 4 is 0 Å². The molecule has 0 aromatic carbocycles. The predicted molar refractivity (Wildman–Crippen MR) is 66.3 cm³/mol. The van der Waals surface area contributed by atoms with Gasteiger partial charge in [-0.3, -0.25) is 4.98 Å². The number of nitrogens with zero attached hydrogens (tertiary/aromatic N) is 1. The molecule has 1 aliphatic carbocycles. The van der Waals surface area contributed by atoms with Gasteiger partial charge < -0.3 is 11.1 Å². The summed E-state index contributed by atoms with van der Waals surface area (Å²) in [4.78, 5) is 4.15. The van der Waals surface area contributed by atoms with Gasteiger partial charge in [-0.2, -0.15) is 0 Å². The zero-order valence-corrected chi connectivity index (χ0v) is 9.73.